The number of fused-ring (bicyclic) bond motifs is 1. The number of benzene rings is 1. The third kappa shape index (κ3) is 3.34. The van der Waals surface area contributed by atoms with Crippen LogP contribution in [0.3, 0.4) is 0 Å². The van der Waals surface area contributed by atoms with Crippen LogP contribution >= 0.6 is 0 Å². The van der Waals surface area contributed by atoms with Crippen LogP contribution in [0.2, 0.25) is 0 Å². The Morgan fingerprint density at radius 3 is 2.56 bits per heavy atom. The van der Waals surface area contributed by atoms with Crippen LogP contribution in [-0.2, 0) is 10.3 Å². The van der Waals surface area contributed by atoms with Gasteiger partial charge >= 0.3 is 0 Å². The topological polar surface area (TPSA) is 76.2 Å². The average molecular weight is 343 g/mol. The molecule has 0 aliphatic carbocycles. The summed E-state index contributed by atoms with van der Waals surface area (Å²) in [7, 11) is 0. The summed E-state index contributed by atoms with van der Waals surface area (Å²) in [4.78, 5) is 12.8. The smallest absolute Gasteiger partial charge is 0.228 e. The van der Waals surface area contributed by atoms with Crippen molar-refractivity contribution in [3.05, 3.63) is 40.7 Å². The summed E-state index contributed by atoms with van der Waals surface area (Å²) >= 11 is 0. The molecule has 0 fully saturated rings. The summed E-state index contributed by atoms with van der Waals surface area (Å²) in [6.07, 6.45) is 0. The minimum atomic E-state index is -0.535. The Kier molecular flexibility index (Phi) is 4.45. The lowest BCUT2D eigenvalue weighted by Crippen LogP contribution is -2.43. The third-order valence-electron chi connectivity index (χ3n) is 4.71. The molecule has 1 aliphatic rings. The molecule has 0 radical (unpaired) electrons. The van der Waals surface area contributed by atoms with E-state index < -0.39 is 5.54 Å². The molecular formula is C19H25N3O3. The lowest BCUT2D eigenvalue weighted by molar-refractivity contribution is -0.123. The maximum Gasteiger partial charge on any atom is 0.228 e. The molecule has 6 nitrogen and oxygen atoms in total. The molecule has 1 aromatic heterocycles. The molecular weight excluding hydrogens is 318 g/mol. The van der Waals surface area contributed by atoms with Gasteiger partial charge in [-0.3, -0.25) is 9.89 Å². The highest BCUT2D eigenvalue weighted by Crippen LogP contribution is 2.34. The van der Waals surface area contributed by atoms with E-state index in [2.05, 4.69) is 15.5 Å². The van der Waals surface area contributed by atoms with Gasteiger partial charge < -0.3 is 14.8 Å². The highest BCUT2D eigenvalue weighted by Gasteiger charge is 2.29. The first-order valence-electron chi connectivity index (χ1n) is 8.53. The molecule has 1 aromatic carbocycles. The highest BCUT2D eigenvalue weighted by atomic mass is 16.6. The summed E-state index contributed by atoms with van der Waals surface area (Å²) in [5.74, 6) is 1.15. The quantitative estimate of drug-likeness (QED) is 0.895. The van der Waals surface area contributed by atoms with E-state index in [4.69, 9.17) is 9.47 Å². The molecule has 3 rings (SSSR count). The fourth-order valence-corrected chi connectivity index (χ4v) is 3.25. The van der Waals surface area contributed by atoms with Crippen molar-refractivity contribution in [2.45, 2.75) is 46.1 Å². The zero-order valence-corrected chi connectivity index (χ0v) is 15.4. The molecule has 1 unspecified atom stereocenters. The predicted molar refractivity (Wildman–Crippen MR) is 95.1 cm³/mol. The molecule has 134 valence electrons. The fraction of sp³-hybridized carbons (Fsp3) is 0.474. The number of nitrogens with one attached hydrogen (secondary N) is 2. The summed E-state index contributed by atoms with van der Waals surface area (Å²) < 4.78 is 11.2. The second-order valence-electron chi connectivity index (χ2n) is 7.04. The first kappa shape index (κ1) is 17.3. The van der Waals surface area contributed by atoms with Gasteiger partial charge in [-0.05, 0) is 52.3 Å². The summed E-state index contributed by atoms with van der Waals surface area (Å²) in [6.45, 7) is 10.8. The van der Waals surface area contributed by atoms with Crippen molar-refractivity contribution in [1.82, 2.24) is 15.5 Å². The Morgan fingerprint density at radius 1 is 1.24 bits per heavy atom. The van der Waals surface area contributed by atoms with E-state index in [9.17, 15) is 4.79 Å². The van der Waals surface area contributed by atoms with Crippen molar-refractivity contribution >= 4 is 5.91 Å². The Balaban J connectivity index is 1.80. The Morgan fingerprint density at radius 2 is 1.92 bits per heavy atom. The van der Waals surface area contributed by atoms with Crippen LogP contribution < -0.4 is 14.8 Å². The molecule has 0 spiro atoms. The maximum absolute atomic E-state index is 12.8. The standard InChI is InChI=1S/C19H25N3O3/c1-11(17-12(2)21-22-13(17)3)18(23)20-19(4,5)14-6-7-15-16(10-14)25-9-8-24-15/h6-7,10-11H,8-9H2,1-5H3,(H,20,23)(H,21,22). The van der Waals surface area contributed by atoms with Gasteiger partial charge in [-0.25, -0.2) is 0 Å². The van der Waals surface area contributed by atoms with Crippen LogP contribution in [0, 0.1) is 13.8 Å². The summed E-state index contributed by atoms with van der Waals surface area (Å²) in [5, 5.41) is 10.3. The molecule has 1 atom stereocenters. The Hall–Kier alpha value is -2.50. The van der Waals surface area contributed by atoms with Gasteiger partial charge in [-0.15, -0.1) is 0 Å². The van der Waals surface area contributed by atoms with Gasteiger partial charge in [-0.1, -0.05) is 6.07 Å². The zero-order chi connectivity index (χ0) is 18.2. The normalized spacial score (nSPS) is 14.9. The zero-order valence-electron chi connectivity index (χ0n) is 15.4. The first-order valence-corrected chi connectivity index (χ1v) is 8.53. The number of hydrogen-bond acceptors (Lipinski definition) is 4. The molecule has 0 saturated heterocycles. The van der Waals surface area contributed by atoms with E-state index in [1.165, 1.54) is 0 Å². The molecule has 2 aromatic rings. The van der Waals surface area contributed by atoms with E-state index in [1.54, 1.807) is 0 Å². The van der Waals surface area contributed by atoms with Crippen LogP contribution in [0.4, 0.5) is 0 Å². The van der Waals surface area contributed by atoms with Crippen molar-refractivity contribution in [2.75, 3.05) is 13.2 Å². The lowest BCUT2D eigenvalue weighted by atomic mass is 9.91. The number of aromatic amines is 1. The van der Waals surface area contributed by atoms with Crippen molar-refractivity contribution in [2.24, 2.45) is 0 Å². The van der Waals surface area contributed by atoms with Crippen molar-refractivity contribution < 1.29 is 14.3 Å². The van der Waals surface area contributed by atoms with E-state index in [0.29, 0.717) is 13.2 Å². The molecule has 0 bridgehead atoms. The van der Waals surface area contributed by atoms with Gasteiger partial charge in [0.25, 0.3) is 0 Å². The van der Waals surface area contributed by atoms with Crippen LogP contribution in [0.1, 0.15) is 49.2 Å². The number of aryl methyl sites for hydroxylation is 2. The van der Waals surface area contributed by atoms with E-state index in [-0.39, 0.29) is 11.8 Å². The van der Waals surface area contributed by atoms with E-state index >= 15 is 0 Å². The lowest BCUT2D eigenvalue weighted by Gasteiger charge is -2.30. The first-order chi connectivity index (χ1) is 11.8. The van der Waals surface area contributed by atoms with Crippen molar-refractivity contribution in [1.29, 1.82) is 0 Å². The predicted octanol–water partition coefficient (Wildman–Crippen LogP) is 2.95. The molecule has 1 amide bonds. The molecule has 1 aliphatic heterocycles. The largest absolute Gasteiger partial charge is 0.486 e. The van der Waals surface area contributed by atoms with E-state index in [1.807, 2.05) is 52.8 Å². The number of rotatable bonds is 4. The van der Waals surface area contributed by atoms with Crippen LogP contribution in [0.5, 0.6) is 11.5 Å². The number of ether oxygens (including phenoxy) is 2. The monoisotopic (exact) mass is 343 g/mol. The number of amides is 1. The second kappa shape index (κ2) is 6.43. The number of aromatic nitrogens is 2. The number of nitrogens with zero attached hydrogens (tertiary/aromatic N) is 1. The number of carbonyl (C=O) groups excluding carboxylic acids is 1. The Labute approximate surface area is 147 Å². The molecule has 25 heavy (non-hydrogen) atoms. The maximum atomic E-state index is 12.8. The van der Waals surface area contributed by atoms with Gasteiger partial charge in [0, 0.05) is 11.3 Å². The minimum Gasteiger partial charge on any atom is -0.486 e. The summed E-state index contributed by atoms with van der Waals surface area (Å²) in [5.41, 5.74) is 3.18. The fourth-order valence-electron chi connectivity index (χ4n) is 3.25. The van der Waals surface area contributed by atoms with Gasteiger partial charge in [0.1, 0.15) is 13.2 Å². The van der Waals surface area contributed by atoms with Crippen molar-refractivity contribution in [3.63, 3.8) is 0 Å². The molecule has 6 heteroatoms. The van der Waals surface area contributed by atoms with Crippen LogP contribution in [0.25, 0.3) is 0 Å². The van der Waals surface area contributed by atoms with Crippen molar-refractivity contribution in [3.8, 4) is 11.5 Å². The van der Waals surface area contributed by atoms with Gasteiger partial charge in [0.2, 0.25) is 5.91 Å². The summed E-state index contributed by atoms with van der Waals surface area (Å²) in [6, 6.07) is 5.80. The van der Waals surface area contributed by atoms with Crippen LogP contribution in [0.15, 0.2) is 18.2 Å². The second-order valence-corrected chi connectivity index (χ2v) is 7.04. The van der Waals surface area contributed by atoms with E-state index in [0.717, 1.165) is 34.0 Å². The van der Waals surface area contributed by atoms with Crippen LogP contribution in [-0.4, -0.2) is 29.3 Å². The van der Waals surface area contributed by atoms with Gasteiger partial charge in [-0.2, -0.15) is 5.10 Å². The number of H-pyrrole nitrogens is 1. The molecule has 2 N–H and O–H groups in total. The molecule has 0 saturated carbocycles. The molecule has 2 heterocycles. The minimum absolute atomic E-state index is 0.0347. The van der Waals surface area contributed by atoms with Gasteiger partial charge in [0.05, 0.1) is 17.2 Å². The van der Waals surface area contributed by atoms with Gasteiger partial charge in [0.15, 0.2) is 11.5 Å². The SMILES string of the molecule is Cc1n[nH]c(C)c1C(C)C(=O)NC(C)(C)c1ccc2c(c1)OCCO2. The highest BCUT2D eigenvalue weighted by molar-refractivity contribution is 5.84. The number of hydrogen-bond donors (Lipinski definition) is 2. The average Bonchev–Trinajstić information content (AvgIpc) is 2.92. The Bertz CT molecular complexity index is 776. The third-order valence-corrected chi connectivity index (χ3v) is 4.71. The number of carbonyl (C=O) groups is 1.